The smallest absolute Gasteiger partial charge is 0.217 e. The Morgan fingerprint density at radius 2 is 1.75 bits per heavy atom. The summed E-state index contributed by atoms with van der Waals surface area (Å²) in [5, 5.41) is 0. The summed E-state index contributed by atoms with van der Waals surface area (Å²) in [4.78, 5) is 14.1. The molecular formula is C7H16N4O. The van der Waals surface area contributed by atoms with Crippen molar-refractivity contribution in [3.05, 3.63) is 0 Å². The predicted molar refractivity (Wildman–Crippen MR) is 48.3 cm³/mol. The molecule has 0 saturated carbocycles. The first-order valence-electron chi connectivity index (χ1n) is 3.96. The Kier molecular flexibility index (Phi) is 5.77. The maximum atomic E-state index is 10.3. The van der Waals surface area contributed by atoms with Crippen molar-refractivity contribution >= 4 is 11.9 Å². The Morgan fingerprint density at radius 3 is 2.25 bits per heavy atom. The normalized spacial score (nSPS) is 9.33. The van der Waals surface area contributed by atoms with Crippen LogP contribution in [0.15, 0.2) is 4.99 Å². The molecule has 0 radical (unpaired) electrons. The third-order valence-electron chi connectivity index (χ3n) is 1.38. The van der Waals surface area contributed by atoms with Crippen LogP contribution in [0.1, 0.15) is 25.7 Å². The molecule has 0 fully saturated rings. The molecule has 0 atom stereocenters. The van der Waals surface area contributed by atoms with Crippen molar-refractivity contribution < 1.29 is 4.79 Å². The lowest BCUT2D eigenvalue weighted by Crippen LogP contribution is -2.22. The van der Waals surface area contributed by atoms with E-state index in [1.807, 2.05) is 0 Å². The number of aliphatic imine (C=N–C) groups is 1. The Hall–Kier alpha value is -1.26. The lowest BCUT2D eigenvalue weighted by atomic mass is 10.2. The highest BCUT2D eigenvalue weighted by atomic mass is 16.1. The molecule has 0 aromatic carbocycles. The van der Waals surface area contributed by atoms with Gasteiger partial charge in [-0.15, -0.1) is 0 Å². The Bertz CT molecular complexity index is 163. The van der Waals surface area contributed by atoms with Crippen molar-refractivity contribution in [2.75, 3.05) is 6.54 Å². The van der Waals surface area contributed by atoms with Crippen LogP contribution in [0.5, 0.6) is 0 Å². The van der Waals surface area contributed by atoms with Gasteiger partial charge in [0.1, 0.15) is 0 Å². The summed E-state index contributed by atoms with van der Waals surface area (Å²) >= 11 is 0. The summed E-state index contributed by atoms with van der Waals surface area (Å²) in [6, 6.07) is 0. The maximum absolute atomic E-state index is 10.3. The van der Waals surface area contributed by atoms with Gasteiger partial charge in [-0.1, -0.05) is 6.42 Å². The van der Waals surface area contributed by atoms with E-state index < -0.39 is 0 Å². The summed E-state index contributed by atoms with van der Waals surface area (Å²) in [5.74, 6) is -0.137. The number of hydrogen-bond acceptors (Lipinski definition) is 2. The number of hydrogen-bond donors (Lipinski definition) is 3. The van der Waals surface area contributed by atoms with Crippen molar-refractivity contribution in [3.63, 3.8) is 0 Å². The van der Waals surface area contributed by atoms with Gasteiger partial charge in [-0.2, -0.15) is 0 Å². The first kappa shape index (κ1) is 10.7. The molecule has 12 heavy (non-hydrogen) atoms. The van der Waals surface area contributed by atoms with Gasteiger partial charge in [-0.3, -0.25) is 9.79 Å². The molecule has 1 amide bonds. The fourth-order valence-corrected chi connectivity index (χ4v) is 0.796. The molecule has 0 aliphatic heterocycles. The fraction of sp³-hybridized carbons (Fsp3) is 0.714. The summed E-state index contributed by atoms with van der Waals surface area (Å²) in [6.07, 6.45) is 3.09. The Labute approximate surface area is 72.0 Å². The molecule has 0 aliphatic rings. The van der Waals surface area contributed by atoms with E-state index in [0.29, 0.717) is 13.0 Å². The number of amides is 1. The first-order valence-corrected chi connectivity index (χ1v) is 3.96. The SMILES string of the molecule is NC(=O)CCCCCN=C(N)N. The predicted octanol–water partition coefficient (Wildman–Crippen LogP) is -0.694. The van der Waals surface area contributed by atoms with Gasteiger partial charge in [0, 0.05) is 13.0 Å². The zero-order chi connectivity index (χ0) is 9.40. The molecule has 5 nitrogen and oxygen atoms in total. The van der Waals surface area contributed by atoms with Gasteiger partial charge in [0.2, 0.25) is 5.91 Å². The van der Waals surface area contributed by atoms with E-state index in [1.165, 1.54) is 0 Å². The average Bonchev–Trinajstić information content (AvgIpc) is 1.95. The van der Waals surface area contributed by atoms with Gasteiger partial charge in [0.15, 0.2) is 5.96 Å². The molecule has 0 aromatic heterocycles. The van der Waals surface area contributed by atoms with E-state index in [2.05, 4.69) is 4.99 Å². The number of nitrogens with zero attached hydrogens (tertiary/aromatic N) is 1. The minimum Gasteiger partial charge on any atom is -0.370 e. The van der Waals surface area contributed by atoms with Gasteiger partial charge in [0.25, 0.3) is 0 Å². The van der Waals surface area contributed by atoms with Gasteiger partial charge < -0.3 is 17.2 Å². The second-order valence-electron chi connectivity index (χ2n) is 2.58. The second kappa shape index (κ2) is 6.45. The van der Waals surface area contributed by atoms with Gasteiger partial charge in [-0.25, -0.2) is 0 Å². The van der Waals surface area contributed by atoms with Crippen LogP contribution in [0.3, 0.4) is 0 Å². The van der Waals surface area contributed by atoms with E-state index in [4.69, 9.17) is 17.2 Å². The van der Waals surface area contributed by atoms with E-state index >= 15 is 0 Å². The van der Waals surface area contributed by atoms with Crippen LogP contribution in [0, 0.1) is 0 Å². The molecule has 0 aliphatic carbocycles. The Balaban J connectivity index is 3.11. The van der Waals surface area contributed by atoms with Crippen LogP contribution in [0.2, 0.25) is 0 Å². The van der Waals surface area contributed by atoms with Crippen molar-refractivity contribution in [1.29, 1.82) is 0 Å². The fourth-order valence-electron chi connectivity index (χ4n) is 0.796. The molecule has 0 rings (SSSR count). The number of guanidine groups is 1. The van der Waals surface area contributed by atoms with Gasteiger partial charge >= 0.3 is 0 Å². The highest BCUT2D eigenvalue weighted by Gasteiger charge is 1.93. The van der Waals surface area contributed by atoms with Crippen molar-refractivity contribution in [2.45, 2.75) is 25.7 Å². The molecule has 6 N–H and O–H groups in total. The minimum atomic E-state index is -0.253. The average molecular weight is 172 g/mol. The number of nitrogens with two attached hydrogens (primary N) is 3. The molecule has 0 bridgehead atoms. The van der Waals surface area contributed by atoms with Crippen molar-refractivity contribution in [2.24, 2.45) is 22.2 Å². The molecule has 0 aromatic rings. The molecule has 5 heteroatoms. The largest absolute Gasteiger partial charge is 0.370 e. The summed E-state index contributed by atoms with van der Waals surface area (Å²) in [5.41, 5.74) is 15.2. The molecular weight excluding hydrogens is 156 g/mol. The summed E-state index contributed by atoms with van der Waals surface area (Å²) in [7, 11) is 0. The third-order valence-corrected chi connectivity index (χ3v) is 1.38. The summed E-state index contributed by atoms with van der Waals surface area (Å²) in [6.45, 7) is 0.626. The van der Waals surface area contributed by atoms with Crippen LogP contribution < -0.4 is 17.2 Å². The zero-order valence-corrected chi connectivity index (χ0v) is 7.12. The zero-order valence-electron chi connectivity index (χ0n) is 7.12. The second-order valence-corrected chi connectivity index (χ2v) is 2.58. The topological polar surface area (TPSA) is 107 Å². The first-order chi connectivity index (χ1) is 5.63. The van der Waals surface area contributed by atoms with Crippen molar-refractivity contribution in [1.82, 2.24) is 0 Å². The summed E-state index contributed by atoms with van der Waals surface area (Å²) < 4.78 is 0. The molecule has 0 heterocycles. The monoisotopic (exact) mass is 172 g/mol. The highest BCUT2D eigenvalue weighted by molar-refractivity contribution is 5.75. The quantitative estimate of drug-likeness (QED) is 0.280. The third kappa shape index (κ3) is 8.74. The van der Waals surface area contributed by atoms with Crippen LogP contribution in [-0.2, 0) is 4.79 Å². The van der Waals surface area contributed by atoms with Crippen LogP contribution in [0.4, 0.5) is 0 Å². The van der Waals surface area contributed by atoms with E-state index in [9.17, 15) is 4.79 Å². The van der Waals surface area contributed by atoms with Gasteiger partial charge in [-0.05, 0) is 12.8 Å². The van der Waals surface area contributed by atoms with E-state index in [1.54, 1.807) is 0 Å². The number of rotatable bonds is 6. The lowest BCUT2D eigenvalue weighted by molar-refractivity contribution is -0.118. The van der Waals surface area contributed by atoms with Crippen LogP contribution in [-0.4, -0.2) is 18.4 Å². The standard InChI is InChI=1S/C7H16N4O/c8-6(12)4-2-1-3-5-11-7(9)10/h1-5H2,(H2,8,12)(H4,9,10,11). The number of primary amides is 1. The van der Waals surface area contributed by atoms with E-state index in [-0.39, 0.29) is 11.9 Å². The molecule has 0 saturated heterocycles. The molecule has 0 unspecified atom stereocenters. The Morgan fingerprint density at radius 1 is 1.08 bits per heavy atom. The van der Waals surface area contributed by atoms with E-state index in [0.717, 1.165) is 19.3 Å². The number of carbonyl (C=O) groups excluding carboxylic acids is 1. The highest BCUT2D eigenvalue weighted by Crippen LogP contribution is 1.98. The minimum absolute atomic E-state index is 0.116. The van der Waals surface area contributed by atoms with Crippen LogP contribution >= 0.6 is 0 Å². The lowest BCUT2D eigenvalue weighted by Gasteiger charge is -1.96. The molecule has 0 spiro atoms. The van der Waals surface area contributed by atoms with Gasteiger partial charge in [0.05, 0.1) is 0 Å². The van der Waals surface area contributed by atoms with Crippen molar-refractivity contribution in [3.8, 4) is 0 Å². The number of carbonyl (C=O) groups is 1. The van der Waals surface area contributed by atoms with Crippen LogP contribution in [0.25, 0.3) is 0 Å². The maximum Gasteiger partial charge on any atom is 0.217 e. The molecule has 70 valence electrons. The number of unbranched alkanes of at least 4 members (excludes halogenated alkanes) is 2.